The molecule has 4 rings (SSSR count). The number of anilines is 1. The van der Waals surface area contributed by atoms with Crippen LogP contribution in [0.2, 0.25) is 0 Å². The van der Waals surface area contributed by atoms with Gasteiger partial charge in [0, 0.05) is 51.4 Å². The molecule has 0 unspecified atom stereocenters. The van der Waals surface area contributed by atoms with Crippen molar-refractivity contribution < 1.29 is 19.1 Å². The highest BCUT2D eigenvalue weighted by atomic mass is 16.5. The van der Waals surface area contributed by atoms with Crippen LogP contribution in [0.25, 0.3) is 0 Å². The van der Waals surface area contributed by atoms with Gasteiger partial charge in [-0.1, -0.05) is 18.2 Å². The Morgan fingerprint density at radius 3 is 2.45 bits per heavy atom. The Morgan fingerprint density at radius 1 is 0.935 bits per heavy atom. The number of Topliss-reactive ketones (excluding diaryl/α,β-unsaturated/α-hetero) is 1. The molecule has 8 heteroatoms. The summed E-state index contributed by atoms with van der Waals surface area (Å²) < 4.78 is 10.6. The smallest absolute Gasteiger partial charge is 0.299 e. The number of amides is 1. The van der Waals surface area contributed by atoms with Crippen molar-refractivity contribution in [3.8, 4) is 11.5 Å². The molecule has 0 radical (unpaired) electrons. The van der Waals surface area contributed by atoms with Crippen LogP contribution in [0.5, 0.6) is 11.5 Å². The number of ether oxygens (including phenoxy) is 2. The SMILES string of the molecule is COc1ccc2c(c1)C(=O)C(=O)N2CCN1CCN(NCc2ccccc2OC)CC1. The average Bonchev–Trinajstić information content (AvgIpc) is 3.06. The first kappa shape index (κ1) is 21.3. The molecule has 164 valence electrons. The molecule has 0 saturated carbocycles. The molecule has 0 spiro atoms. The monoisotopic (exact) mass is 424 g/mol. The van der Waals surface area contributed by atoms with Gasteiger partial charge in [0.05, 0.1) is 25.5 Å². The first-order valence-electron chi connectivity index (χ1n) is 10.5. The summed E-state index contributed by atoms with van der Waals surface area (Å²) in [4.78, 5) is 28.7. The van der Waals surface area contributed by atoms with Gasteiger partial charge in [0.2, 0.25) is 0 Å². The molecule has 31 heavy (non-hydrogen) atoms. The van der Waals surface area contributed by atoms with Crippen LogP contribution in [0.3, 0.4) is 0 Å². The van der Waals surface area contributed by atoms with Crippen molar-refractivity contribution in [2.45, 2.75) is 6.54 Å². The summed E-state index contributed by atoms with van der Waals surface area (Å²) in [6.45, 7) is 5.50. The summed E-state index contributed by atoms with van der Waals surface area (Å²) >= 11 is 0. The van der Waals surface area contributed by atoms with Crippen LogP contribution in [-0.2, 0) is 11.3 Å². The molecule has 1 saturated heterocycles. The molecule has 1 fully saturated rings. The third-order valence-corrected chi connectivity index (χ3v) is 5.88. The second kappa shape index (κ2) is 9.47. The highest BCUT2D eigenvalue weighted by Crippen LogP contribution is 2.31. The molecule has 0 aromatic heterocycles. The van der Waals surface area contributed by atoms with Crippen LogP contribution >= 0.6 is 0 Å². The van der Waals surface area contributed by atoms with Crippen molar-refractivity contribution in [2.24, 2.45) is 0 Å². The number of hydrazine groups is 1. The maximum atomic E-state index is 12.4. The first-order valence-corrected chi connectivity index (χ1v) is 10.5. The number of fused-ring (bicyclic) bond motifs is 1. The van der Waals surface area contributed by atoms with E-state index in [2.05, 4.69) is 21.4 Å². The number of hydrogen-bond acceptors (Lipinski definition) is 7. The van der Waals surface area contributed by atoms with E-state index in [1.165, 1.54) is 0 Å². The number of para-hydroxylation sites is 1. The van der Waals surface area contributed by atoms with Gasteiger partial charge in [-0.3, -0.25) is 19.9 Å². The molecule has 2 aliphatic heterocycles. The minimum atomic E-state index is -0.459. The topological polar surface area (TPSA) is 74.4 Å². The van der Waals surface area contributed by atoms with E-state index in [0.29, 0.717) is 30.1 Å². The quantitative estimate of drug-likeness (QED) is 0.645. The van der Waals surface area contributed by atoms with E-state index in [4.69, 9.17) is 9.47 Å². The number of methoxy groups -OCH3 is 2. The van der Waals surface area contributed by atoms with E-state index < -0.39 is 11.7 Å². The van der Waals surface area contributed by atoms with Gasteiger partial charge in [-0.2, -0.15) is 0 Å². The van der Waals surface area contributed by atoms with E-state index in [1.807, 2.05) is 18.2 Å². The number of nitrogens with zero attached hydrogens (tertiary/aromatic N) is 3. The summed E-state index contributed by atoms with van der Waals surface area (Å²) in [5, 5.41) is 2.22. The molecule has 2 heterocycles. The Kier molecular flexibility index (Phi) is 6.50. The van der Waals surface area contributed by atoms with Crippen LogP contribution in [0.1, 0.15) is 15.9 Å². The van der Waals surface area contributed by atoms with Gasteiger partial charge < -0.3 is 14.4 Å². The normalized spacial score (nSPS) is 17.2. The minimum Gasteiger partial charge on any atom is -0.497 e. The number of nitrogens with one attached hydrogen (secondary N) is 1. The molecular weight excluding hydrogens is 396 g/mol. The van der Waals surface area contributed by atoms with Gasteiger partial charge in [-0.05, 0) is 24.3 Å². The van der Waals surface area contributed by atoms with Crippen LogP contribution in [0, 0.1) is 0 Å². The summed E-state index contributed by atoms with van der Waals surface area (Å²) in [5.41, 5.74) is 5.70. The lowest BCUT2D eigenvalue weighted by Gasteiger charge is -2.35. The Morgan fingerprint density at radius 2 is 1.71 bits per heavy atom. The van der Waals surface area contributed by atoms with Gasteiger partial charge in [-0.25, -0.2) is 5.01 Å². The Labute approximate surface area is 182 Å². The molecule has 0 atom stereocenters. The fourth-order valence-electron chi connectivity index (χ4n) is 4.05. The lowest BCUT2D eigenvalue weighted by molar-refractivity contribution is -0.114. The Hall–Kier alpha value is -2.94. The van der Waals surface area contributed by atoms with E-state index in [9.17, 15) is 9.59 Å². The lowest BCUT2D eigenvalue weighted by Crippen LogP contribution is -2.53. The third kappa shape index (κ3) is 4.56. The fourth-order valence-corrected chi connectivity index (χ4v) is 4.05. The molecule has 2 aromatic rings. The van der Waals surface area contributed by atoms with Gasteiger partial charge >= 0.3 is 0 Å². The fraction of sp³-hybridized carbons (Fsp3) is 0.391. The number of carbonyl (C=O) groups excluding carboxylic acids is 2. The number of carbonyl (C=O) groups is 2. The predicted octanol–water partition coefficient (Wildman–Crippen LogP) is 1.56. The van der Waals surface area contributed by atoms with Crippen LogP contribution < -0.4 is 19.8 Å². The lowest BCUT2D eigenvalue weighted by atomic mass is 10.1. The zero-order valence-electron chi connectivity index (χ0n) is 18.0. The van der Waals surface area contributed by atoms with E-state index >= 15 is 0 Å². The second-order valence-electron chi connectivity index (χ2n) is 7.64. The summed E-state index contributed by atoms with van der Waals surface area (Å²) in [5.74, 6) is 0.550. The number of benzene rings is 2. The highest BCUT2D eigenvalue weighted by Gasteiger charge is 2.36. The number of rotatable bonds is 8. The number of piperazine rings is 1. The summed E-state index contributed by atoms with van der Waals surface area (Å²) in [6, 6.07) is 13.2. The highest BCUT2D eigenvalue weighted by molar-refractivity contribution is 6.52. The average molecular weight is 425 g/mol. The van der Waals surface area contributed by atoms with E-state index in [1.54, 1.807) is 37.3 Å². The molecule has 2 aliphatic rings. The molecular formula is C23H28N4O4. The van der Waals surface area contributed by atoms with Crippen molar-refractivity contribution in [2.75, 3.05) is 58.4 Å². The second-order valence-corrected chi connectivity index (χ2v) is 7.64. The summed E-state index contributed by atoms with van der Waals surface area (Å²) in [6.07, 6.45) is 0. The van der Waals surface area contributed by atoms with Gasteiger partial charge in [-0.15, -0.1) is 0 Å². The van der Waals surface area contributed by atoms with Crippen molar-refractivity contribution in [3.63, 3.8) is 0 Å². The van der Waals surface area contributed by atoms with Crippen LogP contribution in [0.15, 0.2) is 42.5 Å². The molecule has 8 nitrogen and oxygen atoms in total. The zero-order chi connectivity index (χ0) is 21.8. The number of hydrogen-bond donors (Lipinski definition) is 1. The number of ketones is 1. The minimum absolute atomic E-state index is 0.426. The van der Waals surface area contributed by atoms with Gasteiger partial charge in [0.15, 0.2) is 0 Å². The predicted molar refractivity (Wildman–Crippen MR) is 118 cm³/mol. The van der Waals surface area contributed by atoms with Crippen LogP contribution in [0.4, 0.5) is 5.69 Å². The largest absolute Gasteiger partial charge is 0.497 e. The van der Waals surface area contributed by atoms with Crippen LogP contribution in [-0.4, -0.2) is 75.1 Å². The first-order chi connectivity index (χ1) is 15.1. The van der Waals surface area contributed by atoms with E-state index in [-0.39, 0.29) is 0 Å². The Balaban J connectivity index is 1.26. The molecule has 2 aromatic carbocycles. The van der Waals surface area contributed by atoms with Gasteiger partial charge in [0.1, 0.15) is 11.5 Å². The Bertz CT molecular complexity index is 956. The zero-order valence-corrected chi connectivity index (χ0v) is 18.0. The maximum Gasteiger partial charge on any atom is 0.299 e. The molecule has 1 N–H and O–H groups in total. The van der Waals surface area contributed by atoms with Crippen molar-refractivity contribution >= 4 is 17.4 Å². The molecule has 0 aliphatic carbocycles. The van der Waals surface area contributed by atoms with Gasteiger partial charge in [0.25, 0.3) is 11.7 Å². The third-order valence-electron chi connectivity index (χ3n) is 5.88. The van der Waals surface area contributed by atoms with Crippen molar-refractivity contribution in [1.82, 2.24) is 15.3 Å². The van der Waals surface area contributed by atoms with Crippen molar-refractivity contribution in [1.29, 1.82) is 0 Å². The molecule has 1 amide bonds. The van der Waals surface area contributed by atoms with Crippen molar-refractivity contribution in [3.05, 3.63) is 53.6 Å². The summed E-state index contributed by atoms with van der Waals surface area (Å²) in [7, 11) is 3.23. The standard InChI is InChI=1S/C23H28N4O4/c1-30-18-7-8-20-19(15-18)22(28)23(29)27(20)14-11-25-9-12-26(13-10-25)24-16-17-5-3-4-6-21(17)31-2/h3-8,15,24H,9-14,16H2,1-2H3. The maximum absolute atomic E-state index is 12.4. The molecule has 0 bridgehead atoms. The van der Waals surface area contributed by atoms with E-state index in [0.717, 1.165) is 44.0 Å².